The van der Waals surface area contributed by atoms with E-state index in [-0.39, 0.29) is 31.0 Å². The summed E-state index contributed by atoms with van der Waals surface area (Å²) in [7, 11) is 0. The summed E-state index contributed by atoms with van der Waals surface area (Å²) in [5.41, 5.74) is 7.19. The highest BCUT2D eigenvalue weighted by molar-refractivity contribution is 5.87. The summed E-state index contributed by atoms with van der Waals surface area (Å²) in [6, 6.07) is 4.33. The van der Waals surface area contributed by atoms with Crippen molar-refractivity contribution in [1.29, 1.82) is 0 Å². The number of phenolic OH excluding ortho intramolecular Hbond substituents is 1. The summed E-state index contributed by atoms with van der Waals surface area (Å²) < 4.78 is 0. The van der Waals surface area contributed by atoms with Crippen LogP contribution in [-0.2, 0) is 22.4 Å². The smallest absolute Gasteiger partial charge is 0.326 e. The zero-order chi connectivity index (χ0) is 16.8. The van der Waals surface area contributed by atoms with Gasteiger partial charge in [-0.3, -0.25) is 4.79 Å². The van der Waals surface area contributed by atoms with Gasteiger partial charge in [0.1, 0.15) is 11.8 Å². The zero-order valence-corrected chi connectivity index (χ0v) is 13.5. The van der Waals surface area contributed by atoms with Gasteiger partial charge in [0.05, 0.1) is 12.4 Å². The molecule has 2 atom stereocenters. The monoisotopic (exact) mass is 354 g/mol. The number of carboxylic acid groups (broad SMARTS) is 1. The van der Waals surface area contributed by atoms with E-state index >= 15 is 0 Å². The molecular weight excluding hydrogens is 336 g/mol. The number of hydrogen-bond donors (Lipinski definition) is 5. The number of carbonyl (C=O) groups is 2. The Morgan fingerprint density at radius 2 is 1.92 bits per heavy atom. The van der Waals surface area contributed by atoms with E-state index in [9.17, 15) is 19.8 Å². The molecule has 0 aliphatic carbocycles. The molecule has 0 aliphatic heterocycles. The van der Waals surface area contributed by atoms with Gasteiger partial charge in [0, 0.05) is 18.3 Å². The predicted molar refractivity (Wildman–Crippen MR) is 88.9 cm³/mol. The summed E-state index contributed by atoms with van der Waals surface area (Å²) in [4.78, 5) is 29.9. The molecule has 6 N–H and O–H groups in total. The normalized spacial score (nSPS) is 12.7. The first-order chi connectivity index (χ1) is 11.0. The van der Waals surface area contributed by atoms with Gasteiger partial charge in [-0.15, -0.1) is 12.4 Å². The Labute approximate surface area is 144 Å². The average molecular weight is 355 g/mol. The molecule has 8 nitrogen and oxygen atoms in total. The number of nitrogens with one attached hydrogen (secondary N) is 2. The standard InChI is InChI=1S/C15H18N4O4.ClH/c16-12(5-9-1-3-11(20)4-2-9)14(21)19-13(15(22)23)6-10-7-17-8-18-10;/h1-4,7-8,12-13,20H,5-6,16H2,(H,17,18)(H,19,21)(H,22,23);1H/t12-,13-;/m0./s1. The maximum Gasteiger partial charge on any atom is 0.326 e. The van der Waals surface area contributed by atoms with E-state index in [1.54, 1.807) is 12.1 Å². The molecule has 1 aromatic heterocycles. The lowest BCUT2D eigenvalue weighted by Crippen LogP contribution is -2.50. The third-order valence-electron chi connectivity index (χ3n) is 3.32. The molecule has 2 aromatic rings. The number of benzene rings is 1. The van der Waals surface area contributed by atoms with Gasteiger partial charge >= 0.3 is 5.97 Å². The topological polar surface area (TPSA) is 141 Å². The zero-order valence-electron chi connectivity index (χ0n) is 12.7. The molecule has 0 unspecified atom stereocenters. The summed E-state index contributed by atoms with van der Waals surface area (Å²) >= 11 is 0. The van der Waals surface area contributed by atoms with Crippen LogP contribution >= 0.6 is 12.4 Å². The summed E-state index contributed by atoms with van der Waals surface area (Å²) in [5.74, 6) is -1.58. The van der Waals surface area contributed by atoms with Gasteiger partial charge in [-0.05, 0) is 24.1 Å². The third-order valence-corrected chi connectivity index (χ3v) is 3.32. The van der Waals surface area contributed by atoms with E-state index in [0.29, 0.717) is 5.69 Å². The molecule has 1 aromatic carbocycles. The molecule has 1 amide bonds. The van der Waals surface area contributed by atoms with Crippen molar-refractivity contribution in [2.24, 2.45) is 5.73 Å². The molecule has 0 saturated carbocycles. The number of aromatic hydroxyl groups is 1. The number of nitrogens with two attached hydrogens (primary N) is 1. The van der Waals surface area contributed by atoms with Crippen molar-refractivity contribution in [3.05, 3.63) is 48.0 Å². The first-order valence-corrected chi connectivity index (χ1v) is 6.99. The fraction of sp³-hybridized carbons (Fsp3) is 0.267. The number of nitrogens with zero attached hydrogens (tertiary/aromatic N) is 1. The number of carboxylic acids is 1. The molecule has 1 heterocycles. The first-order valence-electron chi connectivity index (χ1n) is 6.99. The highest BCUT2D eigenvalue weighted by atomic mass is 35.5. The summed E-state index contributed by atoms with van der Waals surface area (Å²) in [6.45, 7) is 0. The summed E-state index contributed by atoms with van der Waals surface area (Å²) in [5, 5.41) is 20.8. The van der Waals surface area contributed by atoms with Crippen LogP contribution in [0.2, 0.25) is 0 Å². The Morgan fingerprint density at radius 3 is 2.46 bits per heavy atom. The maximum absolute atomic E-state index is 12.1. The number of halogens is 1. The molecule has 2 rings (SSSR count). The largest absolute Gasteiger partial charge is 0.508 e. The Morgan fingerprint density at radius 1 is 1.25 bits per heavy atom. The number of aromatic nitrogens is 2. The number of phenols is 1. The van der Waals surface area contributed by atoms with Crippen LogP contribution in [0.1, 0.15) is 11.3 Å². The Kier molecular flexibility index (Phi) is 7.22. The van der Waals surface area contributed by atoms with E-state index in [4.69, 9.17) is 5.73 Å². The third kappa shape index (κ3) is 5.56. The Bertz CT molecular complexity index is 661. The van der Waals surface area contributed by atoms with Crippen LogP contribution in [0.3, 0.4) is 0 Å². The number of rotatable bonds is 7. The van der Waals surface area contributed by atoms with Crippen molar-refractivity contribution in [2.75, 3.05) is 0 Å². The molecule has 130 valence electrons. The second-order valence-electron chi connectivity index (χ2n) is 5.16. The van der Waals surface area contributed by atoms with Gasteiger partial charge in [0.15, 0.2) is 0 Å². The van der Waals surface area contributed by atoms with Crippen LogP contribution in [0.4, 0.5) is 0 Å². The number of imidazole rings is 1. The van der Waals surface area contributed by atoms with Crippen LogP contribution in [0.5, 0.6) is 5.75 Å². The van der Waals surface area contributed by atoms with Crippen LogP contribution in [0, 0.1) is 0 Å². The quantitative estimate of drug-likeness (QED) is 0.481. The van der Waals surface area contributed by atoms with Gasteiger partial charge in [-0.1, -0.05) is 12.1 Å². The van der Waals surface area contributed by atoms with Crippen LogP contribution in [0.25, 0.3) is 0 Å². The minimum atomic E-state index is -1.15. The van der Waals surface area contributed by atoms with Crippen molar-refractivity contribution < 1.29 is 19.8 Å². The minimum Gasteiger partial charge on any atom is -0.508 e. The highest BCUT2D eigenvalue weighted by Crippen LogP contribution is 2.11. The molecule has 0 radical (unpaired) electrons. The van der Waals surface area contributed by atoms with Crippen molar-refractivity contribution in [3.63, 3.8) is 0 Å². The van der Waals surface area contributed by atoms with Crippen LogP contribution in [0.15, 0.2) is 36.8 Å². The van der Waals surface area contributed by atoms with Gasteiger partial charge in [0.25, 0.3) is 0 Å². The van der Waals surface area contributed by atoms with Gasteiger partial charge in [0.2, 0.25) is 5.91 Å². The molecule has 0 saturated heterocycles. The van der Waals surface area contributed by atoms with E-state index in [0.717, 1.165) is 5.56 Å². The number of aliphatic carboxylic acids is 1. The van der Waals surface area contributed by atoms with Gasteiger partial charge < -0.3 is 26.2 Å². The average Bonchev–Trinajstić information content (AvgIpc) is 3.01. The second kappa shape index (κ2) is 8.90. The van der Waals surface area contributed by atoms with E-state index < -0.39 is 24.0 Å². The number of H-pyrrole nitrogens is 1. The fourth-order valence-electron chi connectivity index (χ4n) is 2.07. The fourth-order valence-corrected chi connectivity index (χ4v) is 2.07. The van der Waals surface area contributed by atoms with Gasteiger partial charge in [-0.2, -0.15) is 0 Å². The lowest BCUT2D eigenvalue weighted by Gasteiger charge is -2.17. The molecule has 0 aliphatic rings. The highest BCUT2D eigenvalue weighted by Gasteiger charge is 2.24. The Hall–Kier alpha value is -2.58. The molecule has 24 heavy (non-hydrogen) atoms. The summed E-state index contributed by atoms with van der Waals surface area (Å²) in [6.07, 6.45) is 3.26. The molecule has 0 spiro atoms. The number of carbonyl (C=O) groups excluding carboxylic acids is 1. The van der Waals surface area contributed by atoms with Crippen molar-refractivity contribution >= 4 is 24.3 Å². The predicted octanol–water partition coefficient (Wildman–Crippen LogP) is 0.219. The first kappa shape index (κ1) is 19.5. The van der Waals surface area contributed by atoms with Crippen LogP contribution in [-0.4, -0.2) is 44.1 Å². The Balaban J connectivity index is 0.00000288. The SMILES string of the molecule is Cl.N[C@@H](Cc1ccc(O)cc1)C(=O)N[C@@H](Cc1cnc[nH]1)C(=O)O. The van der Waals surface area contributed by atoms with E-state index in [1.807, 2.05) is 0 Å². The van der Waals surface area contributed by atoms with Crippen molar-refractivity contribution in [3.8, 4) is 5.75 Å². The molecule has 0 bridgehead atoms. The number of aromatic amines is 1. The maximum atomic E-state index is 12.1. The van der Waals surface area contributed by atoms with E-state index in [1.165, 1.54) is 24.7 Å². The lowest BCUT2D eigenvalue weighted by molar-refractivity contribution is -0.142. The number of amides is 1. The van der Waals surface area contributed by atoms with Crippen molar-refractivity contribution in [1.82, 2.24) is 15.3 Å². The van der Waals surface area contributed by atoms with Crippen LogP contribution < -0.4 is 11.1 Å². The second-order valence-corrected chi connectivity index (χ2v) is 5.16. The molecule has 9 heteroatoms. The van der Waals surface area contributed by atoms with E-state index in [2.05, 4.69) is 15.3 Å². The minimum absolute atomic E-state index is 0. The number of hydrogen-bond acceptors (Lipinski definition) is 5. The van der Waals surface area contributed by atoms with Crippen molar-refractivity contribution in [2.45, 2.75) is 24.9 Å². The molecular formula is C15H19ClN4O4. The lowest BCUT2D eigenvalue weighted by atomic mass is 10.0. The van der Waals surface area contributed by atoms with Gasteiger partial charge in [-0.25, -0.2) is 9.78 Å². The molecule has 0 fully saturated rings.